The van der Waals surface area contributed by atoms with E-state index in [2.05, 4.69) is 15.5 Å². The molecule has 0 aliphatic carbocycles. The number of ether oxygens (including phenoxy) is 2. The van der Waals surface area contributed by atoms with E-state index in [1.54, 1.807) is 26.8 Å². The number of carbonyl (C=O) groups is 2. The lowest BCUT2D eigenvalue weighted by Crippen LogP contribution is -2.58. The number of halogens is 2. The van der Waals surface area contributed by atoms with Gasteiger partial charge in [-0.25, -0.2) is 18.5 Å². The highest BCUT2D eigenvalue weighted by Crippen LogP contribution is 2.36. The van der Waals surface area contributed by atoms with Crippen LogP contribution in [0.15, 0.2) is 23.7 Å². The van der Waals surface area contributed by atoms with Gasteiger partial charge in [-0.15, -0.1) is 10.2 Å². The summed E-state index contributed by atoms with van der Waals surface area (Å²) in [6.07, 6.45) is 0.738. The molecule has 1 aromatic heterocycles. The highest BCUT2D eigenvalue weighted by molar-refractivity contribution is 7.13. The van der Waals surface area contributed by atoms with Gasteiger partial charge in [0, 0.05) is 24.2 Å². The van der Waals surface area contributed by atoms with Crippen LogP contribution in [0.3, 0.4) is 0 Å². The number of amides is 2. The molecule has 1 N–H and O–H groups in total. The third kappa shape index (κ3) is 4.79. The molecule has 12 heteroatoms. The second-order valence-electron chi connectivity index (χ2n) is 9.04. The molecule has 0 radical (unpaired) electrons. The lowest BCUT2D eigenvalue weighted by Gasteiger charge is -2.33. The smallest absolute Gasteiger partial charge is 0.443 e. The van der Waals surface area contributed by atoms with Gasteiger partial charge in [-0.2, -0.15) is 9.28 Å². The Labute approximate surface area is 199 Å². The van der Waals surface area contributed by atoms with E-state index in [0.717, 1.165) is 28.4 Å². The number of hydrogen-bond acceptors (Lipinski definition) is 8. The van der Waals surface area contributed by atoms with Gasteiger partial charge in [0.2, 0.25) is 5.13 Å². The van der Waals surface area contributed by atoms with Crippen LogP contribution in [0, 0.1) is 11.6 Å². The van der Waals surface area contributed by atoms with Crippen molar-refractivity contribution in [3.8, 4) is 0 Å². The normalized spacial score (nSPS) is 20.6. The monoisotopic (exact) mass is 494 g/mol. The zero-order chi connectivity index (χ0) is 24.5. The Bertz CT molecular complexity index is 1100. The molecule has 0 bridgehead atoms. The lowest BCUT2D eigenvalue weighted by molar-refractivity contribution is 0.0565. The van der Waals surface area contributed by atoms with Gasteiger partial charge in [0.1, 0.15) is 35.9 Å². The average molecular weight is 495 g/mol. The van der Waals surface area contributed by atoms with Crippen molar-refractivity contribution < 1.29 is 27.8 Å². The van der Waals surface area contributed by atoms with Crippen molar-refractivity contribution in [3.63, 3.8) is 0 Å². The van der Waals surface area contributed by atoms with Gasteiger partial charge in [0.15, 0.2) is 12.4 Å². The number of anilines is 1. The fourth-order valence-electron chi connectivity index (χ4n) is 3.95. The van der Waals surface area contributed by atoms with Gasteiger partial charge in [-0.3, -0.25) is 0 Å². The van der Waals surface area contributed by atoms with E-state index in [1.807, 2.05) is 0 Å². The maximum absolute atomic E-state index is 15.2. The van der Waals surface area contributed by atoms with E-state index in [-0.39, 0.29) is 36.2 Å². The van der Waals surface area contributed by atoms with Crippen LogP contribution in [0.4, 0.5) is 29.2 Å². The molecule has 0 saturated carbocycles. The molecule has 0 spiro atoms. The van der Waals surface area contributed by atoms with Crippen molar-refractivity contribution in [1.29, 1.82) is 0 Å². The minimum absolute atomic E-state index is 0.0267. The summed E-state index contributed by atoms with van der Waals surface area (Å²) in [6, 6.07) is 2.28. The molecule has 3 heterocycles. The summed E-state index contributed by atoms with van der Waals surface area (Å²) in [5.41, 5.74) is 1.11. The average Bonchev–Trinajstić information content (AvgIpc) is 3.41. The molecule has 1 aromatic carbocycles. The number of nitrogens with zero attached hydrogens (tertiary/aromatic N) is 4. The SMILES string of the molecule is CC(C)(C)OC(=O)N(C[N+]1(c2cc(F)c(C3=CCNCC3)c(F)c2)CCOC1=O)c1nncs1. The first-order valence-corrected chi connectivity index (χ1v) is 11.7. The number of carbonyl (C=O) groups excluding carboxylic acids is 2. The van der Waals surface area contributed by atoms with E-state index in [0.29, 0.717) is 25.1 Å². The molecule has 1 saturated heterocycles. The first-order chi connectivity index (χ1) is 16.1. The standard InChI is InChI=1S/C22H26F2N5O4S/c1-22(2,3)33-20(30)28(19-27-26-12-34-19)13-29(8-9-32-21(29)31)15-10-16(23)18(17(24)11-15)14-4-6-25-7-5-14/h4,10-12,25H,5-9,13H2,1-3H3/q+1. The molecule has 1 unspecified atom stereocenters. The molecule has 2 aliphatic heterocycles. The molecule has 1 atom stereocenters. The highest BCUT2D eigenvalue weighted by atomic mass is 32.1. The predicted octanol–water partition coefficient (Wildman–Crippen LogP) is 4.05. The molecule has 34 heavy (non-hydrogen) atoms. The van der Waals surface area contributed by atoms with Crippen LogP contribution in [0.5, 0.6) is 0 Å². The molecule has 2 aliphatic rings. The van der Waals surface area contributed by atoms with Crippen LogP contribution in [-0.4, -0.2) is 60.9 Å². The lowest BCUT2D eigenvalue weighted by atomic mass is 9.98. The van der Waals surface area contributed by atoms with Crippen LogP contribution in [0.2, 0.25) is 0 Å². The zero-order valence-electron chi connectivity index (χ0n) is 19.1. The molecule has 2 aromatic rings. The Kier molecular flexibility index (Phi) is 6.65. The molecule has 182 valence electrons. The van der Waals surface area contributed by atoms with Crippen LogP contribution >= 0.6 is 11.3 Å². The van der Waals surface area contributed by atoms with Gasteiger partial charge in [-0.05, 0) is 39.3 Å². The van der Waals surface area contributed by atoms with Gasteiger partial charge >= 0.3 is 12.2 Å². The Morgan fingerprint density at radius 1 is 1.32 bits per heavy atom. The summed E-state index contributed by atoms with van der Waals surface area (Å²) in [6.45, 7) is 6.03. The fourth-order valence-corrected chi connectivity index (χ4v) is 4.49. The number of cyclic esters (lactones) is 1. The van der Waals surface area contributed by atoms with Crippen LogP contribution in [-0.2, 0) is 9.47 Å². The Morgan fingerprint density at radius 3 is 2.59 bits per heavy atom. The van der Waals surface area contributed by atoms with Crippen molar-refractivity contribution in [2.24, 2.45) is 0 Å². The number of benzene rings is 1. The summed E-state index contributed by atoms with van der Waals surface area (Å²) in [4.78, 5) is 27.2. The number of aromatic nitrogens is 2. The number of nitrogens with one attached hydrogen (secondary N) is 1. The first kappa shape index (κ1) is 24.2. The second kappa shape index (κ2) is 9.35. The molecular formula is C22H26F2N5O4S+. The Morgan fingerprint density at radius 2 is 2.06 bits per heavy atom. The maximum Gasteiger partial charge on any atom is 0.523 e. The quantitative estimate of drug-likeness (QED) is 0.627. The third-order valence-corrected chi connectivity index (χ3v) is 6.24. The highest BCUT2D eigenvalue weighted by Gasteiger charge is 2.50. The minimum Gasteiger partial charge on any atom is -0.443 e. The summed E-state index contributed by atoms with van der Waals surface area (Å²) in [7, 11) is 0. The maximum atomic E-state index is 15.2. The van der Waals surface area contributed by atoms with Gasteiger partial charge in [0.05, 0.1) is 0 Å². The van der Waals surface area contributed by atoms with Crippen molar-refractivity contribution in [2.45, 2.75) is 32.8 Å². The van der Waals surface area contributed by atoms with Crippen LogP contribution < -0.4 is 14.7 Å². The van der Waals surface area contributed by atoms with Crippen molar-refractivity contribution >= 4 is 39.9 Å². The Hall–Kier alpha value is -2.96. The molecular weight excluding hydrogens is 468 g/mol. The summed E-state index contributed by atoms with van der Waals surface area (Å²) in [5.74, 6) is -1.56. The molecule has 1 fully saturated rings. The first-order valence-electron chi connectivity index (χ1n) is 10.8. The predicted molar refractivity (Wildman–Crippen MR) is 123 cm³/mol. The number of rotatable bonds is 5. The van der Waals surface area contributed by atoms with Gasteiger partial charge in [-0.1, -0.05) is 17.4 Å². The minimum atomic E-state index is -0.821. The third-order valence-electron chi connectivity index (χ3n) is 5.53. The summed E-state index contributed by atoms with van der Waals surface area (Å²) < 4.78 is 40.6. The van der Waals surface area contributed by atoms with E-state index in [1.165, 1.54) is 5.51 Å². The topological polar surface area (TPSA) is 93.7 Å². The van der Waals surface area contributed by atoms with Crippen LogP contribution in [0.25, 0.3) is 5.57 Å². The molecule has 2 amide bonds. The summed E-state index contributed by atoms with van der Waals surface area (Å²) >= 11 is 1.07. The van der Waals surface area contributed by atoms with Crippen LogP contribution in [0.1, 0.15) is 32.8 Å². The summed E-state index contributed by atoms with van der Waals surface area (Å²) in [5, 5.41) is 11.0. The van der Waals surface area contributed by atoms with Crippen molar-refractivity contribution in [3.05, 3.63) is 40.9 Å². The number of hydrogen-bond donors (Lipinski definition) is 1. The second-order valence-corrected chi connectivity index (χ2v) is 9.86. The largest absolute Gasteiger partial charge is 0.523 e. The zero-order valence-corrected chi connectivity index (χ0v) is 20.0. The van der Waals surface area contributed by atoms with Gasteiger partial charge in [0.25, 0.3) is 0 Å². The van der Waals surface area contributed by atoms with Gasteiger partial charge < -0.3 is 14.8 Å². The van der Waals surface area contributed by atoms with Crippen molar-refractivity contribution in [2.75, 3.05) is 37.8 Å². The van der Waals surface area contributed by atoms with E-state index in [4.69, 9.17) is 9.47 Å². The van der Waals surface area contributed by atoms with E-state index < -0.39 is 33.9 Å². The fraction of sp³-hybridized carbons (Fsp3) is 0.455. The molecule has 4 rings (SSSR count). The number of quaternary nitrogens is 1. The van der Waals surface area contributed by atoms with E-state index in [9.17, 15) is 9.59 Å². The molecule has 9 nitrogen and oxygen atoms in total. The van der Waals surface area contributed by atoms with E-state index >= 15 is 8.78 Å². The Balaban J connectivity index is 1.76. The van der Waals surface area contributed by atoms with Crippen molar-refractivity contribution in [1.82, 2.24) is 20.0 Å².